The number of aromatic carboxylic acids is 1. The fourth-order valence-corrected chi connectivity index (χ4v) is 2.50. The molecule has 0 saturated heterocycles. The van der Waals surface area contributed by atoms with Crippen molar-refractivity contribution in [1.82, 2.24) is 0 Å². The molecule has 0 unspecified atom stereocenters. The van der Waals surface area contributed by atoms with Crippen LogP contribution in [0.2, 0.25) is 0 Å². The lowest BCUT2D eigenvalue weighted by Gasteiger charge is -2.08. The number of anilines is 1. The van der Waals surface area contributed by atoms with Gasteiger partial charge in [0.2, 0.25) is 0 Å². The van der Waals surface area contributed by atoms with Crippen LogP contribution in [0, 0.1) is 0 Å². The normalized spacial score (nSPS) is 10.1. The van der Waals surface area contributed by atoms with Crippen LogP contribution >= 0.6 is 11.8 Å². The Hall–Kier alpha value is -2.27. The highest BCUT2D eigenvalue weighted by molar-refractivity contribution is 7.99. The number of carboxylic acids is 1. The van der Waals surface area contributed by atoms with Crippen molar-refractivity contribution >= 4 is 29.3 Å². The smallest absolute Gasteiger partial charge is 0.337 e. The topological polar surface area (TPSA) is 66.4 Å². The van der Waals surface area contributed by atoms with Crippen molar-refractivity contribution in [2.45, 2.75) is 11.8 Å². The largest absolute Gasteiger partial charge is 0.478 e. The minimum atomic E-state index is -1.07. The fourth-order valence-electron chi connectivity index (χ4n) is 1.84. The van der Waals surface area contributed by atoms with E-state index in [2.05, 4.69) is 12.2 Å². The Kier molecular flexibility index (Phi) is 5.00. The fraction of sp³-hybridized carbons (Fsp3) is 0.125. The third kappa shape index (κ3) is 3.86. The second-order valence-corrected chi connectivity index (χ2v) is 5.60. The van der Waals surface area contributed by atoms with Gasteiger partial charge < -0.3 is 10.4 Å². The molecule has 108 valence electrons. The molecule has 0 radical (unpaired) electrons. The summed E-state index contributed by atoms with van der Waals surface area (Å²) >= 11 is 1.70. The van der Waals surface area contributed by atoms with Gasteiger partial charge in [0.1, 0.15) is 0 Å². The molecule has 0 aromatic heterocycles. The molecule has 2 aromatic carbocycles. The first-order valence-electron chi connectivity index (χ1n) is 6.48. The molecule has 4 nitrogen and oxygen atoms in total. The number of hydrogen-bond acceptors (Lipinski definition) is 3. The molecule has 2 aromatic rings. The summed E-state index contributed by atoms with van der Waals surface area (Å²) in [6.45, 7) is 2.06. The van der Waals surface area contributed by atoms with Crippen molar-refractivity contribution in [3.63, 3.8) is 0 Å². The summed E-state index contributed by atoms with van der Waals surface area (Å²) in [5.41, 5.74) is 0.863. The number of amides is 1. The van der Waals surface area contributed by atoms with E-state index in [0.717, 1.165) is 10.6 Å². The first-order valence-corrected chi connectivity index (χ1v) is 7.47. The number of benzene rings is 2. The molecule has 21 heavy (non-hydrogen) atoms. The number of thioether (sulfide) groups is 1. The van der Waals surface area contributed by atoms with Gasteiger partial charge in [0.05, 0.1) is 11.3 Å². The molecule has 0 spiro atoms. The van der Waals surface area contributed by atoms with Gasteiger partial charge in [-0.1, -0.05) is 19.1 Å². The molecular formula is C16H15NO3S. The first-order chi connectivity index (χ1) is 10.1. The van der Waals surface area contributed by atoms with Crippen LogP contribution in [0.3, 0.4) is 0 Å². The summed E-state index contributed by atoms with van der Waals surface area (Å²) in [5, 5.41) is 11.7. The molecule has 0 aliphatic rings. The van der Waals surface area contributed by atoms with Crippen molar-refractivity contribution in [3.05, 3.63) is 59.7 Å². The molecule has 0 heterocycles. The first kappa shape index (κ1) is 15.1. The van der Waals surface area contributed by atoms with E-state index in [0.29, 0.717) is 11.3 Å². The Morgan fingerprint density at radius 2 is 1.76 bits per heavy atom. The van der Waals surface area contributed by atoms with Gasteiger partial charge in [-0.25, -0.2) is 4.79 Å². The van der Waals surface area contributed by atoms with Gasteiger partial charge >= 0.3 is 5.97 Å². The van der Waals surface area contributed by atoms with Crippen molar-refractivity contribution in [3.8, 4) is 0 Å². The molecule has 2 N–H and O–H groups in total. The second kappa shape index (κ2) is 6.95. The van der Waals surface area contributed by atoms with Crippen LogP contribution in [0.1, 0.15) is 27.6 Å². The Morgan fingerprint density at radius 3 is 2.38 bits per heavy atom. The van der Waals surface area contributed by atoms with E-state index < -0.39 is 5.97 Å². The lowest BCUT2D eigenvalue weighted by atomic mass is 10.1. The van der Waals surface area contributed by atoms with Gasteiger partial charge in [-0.05, 0) is 42.2 Å². The lowest BCUT2D eigenvalue weighted by molar-refractivity contribution is 0.0698. The van der Waals surface area contributed by atoms with E-state index in [9.17, 15) is 9.59 Å². The summed E-state index contributed by atoms with van der Waals surface area (Å²) < 4.78 is 0. The van der Waals surface area contributed by atoms with E-state index in [-0.39, 0.29) is 11.5 Å². The average molecular weight is 301 g/mol. The maximum Gasteiger partial charge on any atom is 0.337 e. The van der Waals surface area contributed by atoms with Crippen LogP contribution in [0.25, 0.3) is 0 Å². The van der Waals surface area contributed by atoms with E-state index >= 15 is 0 Å². The second-order valence-electron chi connectivity index (χ2n) is 4.26. The van der Waals surface area contributed by atoms with E-state index in [1.807, 2.05) is 12.1 Å². The lowest BCUT2D eigenvalue weighted by Crippen LogP contribution is -2.14. The molecule has 0 saturated carbocycles. The van der Waals surface area contributed by atoms with E-state index in [1.165, 1.54) is 6.07 Å². The van der Waals surface area contributed by atoms with Crippen LogP contribution < -0.4 is 5.32 Å². The molecule has 0 aliphatic carbocycles. The van der Waals surface area contributed by atoms with E-state index in [1.54, 1.807) is 42.1 Å². The number of carbonyl (C=O) groups is 2. The molecule has 2 rings (SSSR count). The van der Waals surface area contributed by atoms with Crippen LogP contribution in [-0.2, 0) is 0 Å². The Labute approximate surface area is 127 Å². The van der Waals surface area contributed by atoms with Crippen LogP contribution in [0.4, 0.5) is 5.69 Å². The number of nitrogens with one attached hydrogen (secondary N) is 1. The van der Waals surface area contributed by atoms with Crippen molar-refractivity contribution in [2.24, 2.45) is 0 Å². The molecule has 0 atom stereocenters. The molecule has 0 fully saturated rings. The summed E-state index contributed by atoms with van der Waals surface area (Å²) in [6, 6.07) is 13.6. The Balaban J connectivity index is 2.16. The number of carboxylic acid groups (broad SMARTS) is 1. The Morgan fingerprint density at radius 1 is 1.10 bits per heavy atom. The molecule has 5 heteroatoms. The van der Waals surface area contributed by atoms with Gasteiger partial charge in [0.25, 0.3) is 5.91 Å². The van der Waals surface area contributed by atoms with Gasteiger partial charge in [-0.2, -0.15) is 0 Å². The maximum atomic E-state index is 12.1. The zero-order valence-electron chi connectivity index (χ0n) is 11.5. The van der Waals surface area contributed by atoms with Gasteiger partial charge in [-0.15, -0.1) is 11.8 Å². The van der Waals surface area contributed by atoms with Crippen LogP contribution in [-0.4, -0.2) is 22.7 Å². The predicted octanol–water partition coefficient (Wildman–Crippen LogP) is 3.75. The summed E-state index contributed by atoms with van der Waals surface area (Å²) in [5.74, 6) is -0.422. The van der Waals surface area contributed by atoms with Crippen molar-refractivity contribution < 1.29 is 14.7 Å². The SMILES string of the molecule is CCSc1ccc(C(=O)Nc2ccccc2C(=O)O)cc1. The molecular weight excluding hydrogens is 286 g/mol. The number of carbonyl (C=O) groups excluding carboxylic acids is 1. The zero-order valence-corrected chi connectivity index (χ0v) is 12.3. The highest BCUT2D eigenvalue weighted by atomic mass is 32.2. The standard InChI is InChI=1S/C16H15NO3S/c1-2-21-12-9-7-11(8-10-12)15(18)17-14-6-4-3-5-13(14)16(19)20/h3-10H,2H2,1H3,(H,17,18)(H,19,20). The third-order valence-electron chi connectivity index (χ3n) is 2.83. The number of hydrogen-bond donors (Lipinski definition) is 2. The number of para-hydroxylation sites is 1. The van der Waals surface area contributed by atoms with Gasteiger partial charge in [0.15, 0.2) is 0 Å². The molecule has 1 amide bonds. The quantitative estimate of drug-likeness (QED) is 0.825. The van der Waals surface area contributed by atoms with Gasteiger partial charge in [-0.3, -0.25) is 4.79 Å². The summed E-state index contributed by atoms with van der Waals surface area (Å²) in [7, 11) is 0. The summed E-state index contributed by atoms with van der Waals surface area (Å²) in [6.07, 6.45) is 0. The third-order valence-corrected chi connectivity index (χ3v) is 3.73. The Bertz CT molecular complexity index is 653. The highest BCUT2D eigenvalue weighted by Crippen LogP contribution is 2.19. The predicted molar refractivity (Wildman–Crippen MR) is 84.2 cm³/mol. The molecule has 0 bridgehead atoms. The van der Waals surface area contributed by atoms with Crippen LogP contribution in [0.15, 0.2) is 53.4 Å². The van der Waals surface area contributed by atoms with Crippen molar-refractivity contribution in [1.29, 1.82) is 0 Å². The molecule has 0 aliphatic heterocycles. The minimum absolute atomic E-state index is 0.0732. The van der Waals surface area contributed by atoms with E-state index in [4.69, 9.17) is 5.11 Å². The monoisotopic (exact) mass is 301 g/mol. The summed E-state index contributed by atoms with van der Waals surface area (Å²) in [4.78, 5) is 24.3. The van der Waals surface area contributed by atoms with Crippen LogP contribution in [0.5, 0.6) is 0 Å². The highest BCUT2D eigenvalue weighted by Gasteiger charge is 2.12. The van der Waals surface area contributed by atoms with Gasteiger partial charge in [0, 0.05) is 10.5 Å². The maximum absolute atomic E-state index is 12.1. The zero-order chi connectivity index (χ0) is 15.2. The van der Waals surface area contributed by atoms with Crippen molar-refractivity contribution in [2.75, 3.05) is 11.1 Å². The number of rotatable bonds is 5. The minimum Gasteiger partial charge on any atom is -0.478 e. The average Bonchev–Trinajstić information content (AvgIpc) is 2.48.